The molecule has 1 N–H and O–H groups in total. The van der Waals surface area contributed by atoms with Gasteiger partial charge >= 0.3 is 0 Å². The first kappa shape index (κ1) is 8.55. The van der Waals surface area contributed by atoms with Gasteiger partial charge in [-0.15, -0.1) is 0 Å². The number of hydrogen-bond donors (Lipinski definition) is 1. The fraction of sp³-hybridized carbons (Fsp3) is 1.00. The summed E-state index contributed by atoms with van der Waals surface area (Å²) in [6, 6.07) is 0. The highest BCUT2D eigenvalue weighted by Gasteiger charge is 2.43. The van der Waals surface area contributed by atoms with Crippen molar-refractivity contribution in [3.8, 4) is 0 Å². The van der Waals surface area contributed by atoms with E-state index in [1.807, 2.05) is 0 Å². The summed E-state index contributed by atoms with van der Waals surface area (Å²) < 4.78 is 0. The Bertz CT molecular complexity index is 171. The van der Waals surface area contributed by atoms with Gasteiger partial charge in [0.2, 0.25) is 0 Å². The van der Waals surface area contributed by atoms with Crippen LogP contribution in [0.5, 0.6) is 0 Å². The monoisotopic (exact) mass is 167 g/mol. The highest BCUT2D eigenvalue weighted by molar-refractivity contribution is 5.03. The first-order valence-corrected chi connectivity index (χ1v) is 5.31. The van der Waals surface area contributed by atoms with Crippen LogP contribution in [-0.4, -0.2) is 11.1 Å². The van der Waals surface area contributed by atoms with Crippen molar-refractivity contribution in [3.63, 3.8) is 0 Å². The highest BCUT2D eigenvalue weighted by Crippen LogP contribution is 2.41. The summed E-state index contributed by atoms with van der Waals surface area (Å²) in [7, 11) is 0. The van der Waals surface area contributed by atoms with Crippen LogP contribution in [0.3, 0.4) is 0 Å². The predicted octanol–water partition coefficient (Wildman–Crippen LogP) is 2.71. The second-order valence-electron chi connectivity index (χ2n) is 5.61. The Labute approximate surface area is 75.9 Å². The van der Waals surface area contributed by atoms with E-state index in [-0.39, 0.29) is 0 Å². The minimum Gasteiger partial charge on any atom is -0.306 e. The lowest BCUT2D eigenvalue weighted by Crippen LogP contribution is -2.63. The second-order valence-corrected chi connectivity index (χ2v) is 5.61. The van der Waals surface area contributed by atoms with Gasteiger partial charge in [0.15, 0.2) is 0 Å². The molecule has 2 unspecified atom stereocenters. The van der Waals surface area contributed by atoms with Gasteiger partial charge in [-0.05, 0) is 51.9 Å². The maximum Gasteiger partial charge on any atom is 0.0161 e. The Hall–Kier alpha value is -0.0400. The average molecular weight is 167 g/mol. The zero-order valence-corrected chi connectivity index (χ0v) is 8.61. The molecule has 2 aliphatic rings. The van der Waals surface area contributed by atoms with Crippen LogP contribution < -0.4 is 5.32 Å². The molecule has 1 heteroatoms. The molecule has 1 nitrogen and oxygen atoms in total. The third kappa shape index (κ3) is 1.39. The Morgan fingerprint density at radius 3 is 2.08 bits per heavy atom. The lowest BCUT2D eigenvalue weighted by Gasteiger charge is -2.53. The van der Waals surface area contributed by atoms with Gasteiger partial charge < -0.3 is 5.32 Å². The fourth-order valence-corrected chi connectivity index (χ4v) is 3.64. The Morgan fingerprint density at radius 1 is 1.08 bits per heavy atom. The summed E-state index contributed by atoms with van der Waals surface area (Å²) in [6.07, 6.45) is 6.94. The molecule has 0 aromatic carbocycles. The van der Waals surface area contributed by atoms with Gasteiger partial charge in [-0.25, -0.2) is 0 Å². The predicted molar refractivity (Wildman–Crippen MR) is 52.2 cm³/mol. The summed E-state index contributed by atoms with van der Waals surface area (Å²) in [5, 5.41) is 3.84. The van der Waals surface area contributed by atoms with E-state index in [0.717, 1.165) is 5.92 Å². The van der Waals surface area contributed by atoms with E-state index >= 15 is 0 Å². The molecule has 0 spiro atoms. The zero-order chi connectivity index (χ0) is 8.82. The van der Waals surface area contributed by atoms with Gasteiger partial charge in [-0.3, -0.25) is 0 Å². The molecule has 0 amide bonds. The topological polar surface area (TPSA) is 12.0 Å². The molecule has 2 saturated heterocycles. The number of fused-ring (bicyclic) bond motifs is 2. The van der Waals surface area contributed by atoms with Crippen molar-refractivity contribution >= 4 is 0 Å². The van der Waals surface area contributed by atoms with Gasteiger partial charge in [0.25, 0.3) is 0 Å². The van der Waals surface area contributed by atoms with E-state index in [1.165, 1.54) is 32.1 Å². The molecule has 70 valence electrons. The summed E-state index contributed by atoms with van der Waals surface area (Å²) in [6.45, 7) is 7.21. The van der Waals surface area contributed by atoms with Crippen LogP contribution in [0.15, 0.2) is 0 Å². The number of hydrogen-bond acceptors (Lipinski definition) is 1. The summed E-state index contributed by atoms with van der Waals surface area (Å²) in [4.78, 5) is 0. The van der Waals surface area contributed by atoms with Gasteiger partial charge in [-0.1, -0.05) is 6.92 Å². The lowest BCUT2D eigenvalue weighted by molar-refractivity contribution is 0.0610. The summed E-state index contributed by atoms with van der Waals surface area (Å²) in [5.74, 6) is 0.918. The van der Waals surface area contributed by atoms with Crippen molar-refractivity contribution in [2.75, 3.05) is 0 Å². The maximum atomic E-state index is 3.84. The van der Waals surface area contributed by atoms with E-state index < -0.39 is 0 Å². The van der Waals surface area contributed by atoms with Crippen molar-refractivity contribution < 1.29 is 0 Å². The second kappa shape index (κ2) is 2.47. The van der Waals surface area contributed by atoms with Crippen molar-refractivity contribution in [2.45, 2.75) is 64.0 Å². The molecule has 0 aromatic heterocycles. The van der Waals surface area contributed by atoms with Crippen LogP contribution in [0.2, 0.25) is 0 Å². The number of rotatable bonds is 0. The molecule has 2 rings (SSSR count). The molecule has 2 bridgehead atoms. The van der Waals surface area contributed by atoms with Gasteiger partial charge in [-0.2, -0.15) is 0 Å². The van der Waals surface area contributed by atoms with E-state index in [1.54, 1.807) is 0 Å². The average Bonchev–Trinajstić information content (AvgIpc) is 1.79. The molecule has 3 atom stereocenters. The van der Waals surface area contributed by atoms with Crippen molar-refractivity contribution in [3.05, 3.63) is 0 Å². The van der Waals surface area contributed by atoms with E-state index in [2.05, 4.69) is 26.1 Å². The molecule has 2 heterocycles. The van der Waals surface area contributed by atoms with Crippen molar-refractivity contribution in [1.29, 1.82) is 0 Å². The van der Waals surface area contributed by atoms with Gasteiger partial charge in [0, 0.05) is 11.1 Å². The third-order valence-corrected chi connectivity index (χ3v) is 3.66. The Morgan fingerprint density at radius 2 is 1.58 bits per heavy atom. The molecular weight excluding hydrogens is 146 g/mol. The first-order valence-electron chi connectivity index (χ1n) is 5.31. The van der Waals surface area contributed by atoms with Crippen molar-refractivity contribution in [2.24, 2.45) is 5.92 Å². The summed E-state index contributed by atoms with van der Waals surface area (Å²) >= 11 is 0. The van der Waals surface area contributed by atoms with Crippen LogP contribution >= 0.6 is 0 Å². The molecule has 2 fully saturated rings. The van der Waals surface area contributed by atoms with E-state index in [4.69, 9.17) is 0 Å². The van der Waals surface area contributed by atoms with Crippen molar-refractivity contribution in [1.82, 2.24) is 5.32 Å². The molecular formula is C11H21N. The maximum absolute atomic E-state index is 3.84. The molecule has 0 saturated carbocycles. The van der Waals surface area contributed by atoms with Crippen LogP contribution in [0.4, 0.5) is 0 Å². The normalized spacial score (nSPS) is 53.8. The minimum atomic E-state index is 0.463. The van der Waals surface area contributed by atoms with Gasteiger partial charge in [0.1, 0.15) is 0 Å². The first-order chi connectivity index (χ1) is 5.52. The van der Waals surface area contributed by atoms with E-state index in [0.29, 0.717) is 11.1 Å². The third-order valence-electron chi connectivity index (χ3n) is 3.66. The van der Waals surface area contributed by atoms with Crippen LogP contribution in [0.25, 0.3) is 0 Å². The summed E-state index contributed by atoms with van der Waals surface area (Å²) in [5.41, 5.74) is 0.926. The smallest absolute Gasteiger partial charge is 0.0161 e. The Kier molecular flexibility index (Phi) is 1.76. The largest absolute Gasteiger partial charge is 0.306 e. The molecule has 12 heavy (non-hydrogen) atoms. The molecule has 0 radical (unpaired) electrons. The number of nitrogens with one attached hydrogen (secondary N) is 1. The minimum absolute atomic E-state index is 0.463. The van der Waals surface area contributed by atoms with Crippen LogP contribution in [-0.2, 0) is 0 Å². The molecule has 0 aromatic rings. The van der Waals surface area contributed by atoms with E-state index in [9.17, 15) is 0 Å². The Balaban J connectivity index is 2.19. The zero-order valence-electron chi connectivity index (χ0n) is 8.61. The number of piperidine rings is 2. The van der Waals surface area contributed by atoms with Crippen LogP contribution in [0.1, 0.15) is 52.9 Å². The highest BCUT2D eigenvalue weighted by atomic mass is 15.1. The lowest BCUT2D eigenvalue weighted by atomic mass is 9.67. The quantitative estimate of drug-likeness (QED) is 0.585. The molecule has 2 aliphatic heterocycles. The molecule has 0 aliphatic carbocycles. The van der Waals surface area contributed by atoms with Crippen LogP contribution in [0, 0.1) is 5.92 Å². The SMILES string of the molecule is CC1CC2(C)CCC[C@@](C)(C1)N2. The fourth-order valence-electron chi connectivity index (χ4n) is 3.64. The van der Waals surface area contributed by atoms with Gasteiger partial charge in [0.05, 0.1) is 0 Å². The standard InChI is InChI=1S/C11H21N/c1-9-7-10(2)5-4-6-11(3,8-9)12-10/h9,12H,4-8H2,1-3H3/t9?,10-,11?/m0/s1.